The van der Waals surface area contributed by atoms with Gasteiger partial charge in [0.25, 0.3) is 5.91 Å². The number of hydrogen-bond acceptors (Lipinski definition) is 4. The minimum absolute atomic E-state index is 0.332. The van der Waals surface area contributed by atoms with E-state index in [1.165, 1.54) is 24.3 Å². The Balaban J connectivity index is 1.73. The van der Waals surface area contributed by atoms with Crippen molar-refractivity contribution in [3.63, 3.8) is 0 Å². The van der Waals surface area contributed by atoms with E-state index in [1.54, 1.807) is 13.3 Å². The van der Waals surface area contributed by atoms with Gasteiger partial charge in [-0.15, -0.1) is 0 Å². The maximum Gasteiger partial charge on any atom is 0.271 e. The van der Waals surface area contributed by atoms with E-state index in [2.05, 4.69) is 15.6 Å². The van der Waals surface area contributed by atoms with E-state index in [4.69, 9.17) is 4.74 Å². The van der Waals surface area contributed by atoms with Gasteiger partial charge >= 0.3 is 0 Å². The summed E-state index contributed by atoms with van der Waals surface area (Å²) in [4.78, 5) is 12.0. The number of nitrogens with zero attached hydrogens (tertiary/aromatic N) is 3. The van der Waals surface area contributed by atoms with Gasteiger partial charge in [-0.2, -0.15) is 10.2 Å². The number of rotatable bonds is 6. The Hall–Kier alpha value is -3.48. The summed E-state index contributed by atoms with van der Waals surface area (Å²) in [7, 11) is 1.62. The molecule has 6 nitrogen and oxygen atoms in total. The molecule has 0 spiro atoms. The van der Waals surface area contributed by atoms with Gasteiger partial charge in [-0.3, -0.25) is 9.48 Å². The molecular weight excluding hydrogens is 359 g/mol. The van der Waals surface area contributed by atoms with Crippen LogP contribution in [0.4, 0.5) is 4.39 Å². The van der Waals surface area contributed by atoms with Crippen LogP contribution in [0.25, 0.3) is 0 Å². The van der Waals surface area contributed by atoms with Crippen LogP contribution in [0.2, 0.25) is 0 Å². The van der Waals surface area contributed by atoms with E-state index >= 15 is 0 Å². The van der Waals surface area contributed by atoms with Gasteiger partial charge in [0.1, 0.15) is 11.6 Å². The van der Waals surface area contributed by atoms with E-state index < -0.39 is 11.7 Å². The van der Waals surface area contributed by atoms with Crippen LogP contribution in [0.5, 0.6) is 5.75 Å². The maximum absolute atomic E-state index is 12.9. The smallest absolute Gasteiger partial charge is 0.271 e. The number of aromatic nitrogens is 2. The van der Waals surface area contributed by atoms with Crippen molar-refractivity contribution in [3.8, 4) is 5.75 Å². The second kappa shape index (κ2) is 8.47. The average Bonchev–Trinajstić information content (AvgIpc) is 2.99. The van der Waals surface area contributed by atoms with Crippen molar-refractivity contribution >= 4 is 12.1 Å². The van der Waals surface area contributed by atoms with Gasteiger partial charge in [-0.25, -0.2) is 9.82 Å². The van der Waals surface area contributed by atoms with Gasteiger partial charge in [0.15, 0.2) is 0 Å². The predicted molar refractivity (Wildman–Crippen MR) is 105 cm³/mol. The first-order chi connectivity index (χ1) is 13.5. The summed E-state index contributed by atoms with van der Waals surface area (Å²) in [6.45, 7) is 4.52. The number of carbonyl (C=O) groups is 1. The van der Waals surface area contributed by atoms with Gasteiger partial charge in [0.2, 0.25) is 0 Å². The number of nitrogens with one attached hydrogen (secondary N) is 1. The molecule has 28 heavy (non-hydrogen) atoms. The Bertz CT molecular complexity index is 1010. The minimum atomic E-state index is -0.410. The van der Waals surface area contributed by atoms with E-state index in [-0.39, 0.29) is 0 Å². The molecule has 3 aromatic rings. The zero-order chi connectivity index (χ0) is 20.1. The Morgan fingerprint density at radius 1 is 1.21 bits per heavy atom. The highest BCUT2D eigenvalue weighted by molar-refractivity contribution is 5.94. The number of ether oxygens (including phenoxy) is 1. The van der Waals surface area contributed by atoms with Crippen LogP contribution in [-0.2, 0) is 6.54 Å². The predicted octanol–water partition coefficient (Wildman–Crippen LogP) is 3.46. The van der Waals surface area contributed by atoms with Crippen LogP contribution in [0.1, 0.15) is 32.9 Å². The third-order valence-corrected chi connectivity index (χ3v) is 4.21. The summed E-state index contributed by atoms with van der Waals surface area (Å²) in [6, 6.07) is 12.9. The molecule has 0 aliphatic rings. The fourth-order valence-electron chi connectivity index (χ4n) is 2.83. The number of carbonyl (C=O) groups excluding carboxylic acids is 1. The molecule has 0 aliphatic heterocycles. The normalized spacial score (nSPS) is 11.0. The summed E-state index contributed by atoms with van der Waals surface area (Å²) < 4.78 is 20.3. The van der Waals surface area contributed by atoms with E-state index in [0.717, 1.165) is 28.3 Å². The second-order valence-electron chi connectivity index (χ2n) is 6.36. The van der Waals surface area contributed by atoms with Crippen LogP contribution in [-0.4, -0.2) is 29.0 Å². The van der Waals surface area contributed by atoms with Crippen LogP contribution >= 0.6 is 0 Å². The molecule has 0 fully saturated rings. The van der Waals surface area contributed by atoms with Crippen molar-refractivity contribution in [2.75, 3.05) is 7.11 Å². The average molecular weight is 380 g/mol. The van der Waals surface area contributed by atoms with E-state index in [1.807, 2.05) is 42.8 Å². The monoisotopic (exact) mass is 380 g/mol. The highest BCUT2D eigenvalue weighted by Gasteiger charge is 2.08. The van der Waals surface area contributed by atoms with E-state index in [0.29, 0.717) is 12.1 Å². The molecule has 0 atom stereocenters. The Labute approximate surface area is 162 Å². The van der Waals surface area contributed by atoms with Crippen LogP contribution < -0.4 is 10.2 Å². The molecule has 3 rings (SSSR count). The fourth-order valence-corrected chi connectivity index (χ4v) is 2.83. The lowest BCUT2D eigenvalue weighted by Gasteiger charge is -2.11. The molecule has 0 unspecified atom stereocenters. The molecule has 1 heterocycles. The van der Waals surface area contributed by atoms with Crippen LogP contribution in [0.3, 0.4) is 0 Å². The minimum Gasteiger partial charge on any atom is -0.496 e. The lowest BCUT2D eigenvalue weighted by atomic mass is 10.1. The number of aryl methyl sites for hydroxylation is 2. The largest absolute Gasteiger partial charge is 0.496 e. The molecule has 0 bridgehead atoms. The standard InChI is InChI=1S/C21H21FN4O2/c1-14-10-15(2)26(25-14)13-18-11-16(4-9-20(18)28-3)12-23-24-21(27)17-5-7-19(22)8-6-17/h4-12H,13H2,1-3H3,(H,24,27)/b23-12+. The Kier molecular flexibility index (Phi) is 5.84. The summed E-state index contributed by atoms with van der Waals surface area (Å²) >= 11 is 0. The summed E-state index contributed by atoms with van der Waals surface area (Å²) in [6.07, 6.45) is 1.55. The van der Waals surface area contributed by atoms with Crippen molar-refractivity contribution < 1.29 is 13.9 Å². The highest BCUT2D eigenvalue weighted by Crippen LogP contribution is 2.21. The number of benzene rings is 2. The lowest BCUT2D eigenvalue weighted by molar-refractivity contribution is 0.0955. The molecule has 7 heteroatoms. The first-order valence-electron chi connectivity index (χ1n) is 8.73. The molecule has 0 aliphatic carbocycles. The fraction of sp³-hybridized carbons (Fsp3) is 0.190. The summed E-state index contributed by atoms with van der Waals surface area (Å²) in [5.41, 5.74) is 6.53. The SMILES string of the molecule is COc1ccc(/C=N/NC(=O)c2ccc(F)cc2)cc1Cn1nc(C)cc1C. The number of halogens is 1. The number of amides is 1. The molecule has 144 valence electrons. The number of hydrazone groups is 1. The van der Waals surface area contributed by atoms with Crippen molar-refractivity contribution in [2.45, 2.75) is 20.4 Å². The highest BCUT2D eigenvalue weighted by atomic mass is 19.1. The summed E-state index contributed by atoms with van der Waals surface area (Å²) in [5, 5.41) is 8.46. The zero-order valence-corrected chi connectivity index (χ0v) is 15.9. The molecule has 2 aromatic carbocycles. The summed E-state index contributed by atoms with van der Waals surface area (Å²) in [5.74, 6) is -0.0545. The second-order valence-corrected chi connectivity index (χ2v) is 6.36. The third-order valence-electron chi connectivity index (χ3n) is 4.21. The Morgan fingerprint density at radius 3 is 2.61 bits per heavy atom. The van der Waals surface area contributed by atoms with Crippen molar-refractivity contribution in [1.29, 1.82) is 0 Å². The van der Waals surface area contributed by atoms with Crippen molar-refractivity contribution in [2.24, 2.45) is 5.10 Å². The molecule has 0 saturated carbocycles. The molecule has 1 aromatic heterocycles. The van der Waals surface area contributed by atoms with Crippen LogP contribution in [0.15, 0.2) is 53.6 Å². The molecule has 0 radical (unpaired) electrons. The number of hydrogen-bond donors (Lipinski definition) is 1. The van der Waals surface area contributed by atoms with Crippen LogP contribution in [0, 0.1) is 19.7 Å². The van der Waals surface area contributed by atoms with Gasteiger partial charge in [-0.1, -0.05) is 0 Å². The van der Waals surface area contributed by atoms with Gasteiger partial charge in [-0.05, 0) is 67.9 Å². The Morgan fingerprint density at radius 2 is 1.96 bits per heavy atom. The zero-order valence-electron chi connectivity index (χ0n) is 15.9. The van der Waals surface area contributed by atoms with E-state index in [9.17, 15) is 9.18 Å². The van der Waals surface area contributed by atoms with Crippen molar-refractivity contribution in [1.82, 2.24) is 15.2 Å². The molecule has 0 saturated heterocycles. The maximum atomic E-state index is 12.9. The molecular formula is C21H21FN4O2. The topological polar surface area (TPSA) is 68.5 Å². The number of methoxy groups -OCH3 is 1. The van der Waals surface area contributed by atoms with Gasteiger partial charge < -0.3 is 4.74 Å². The molecule has 1 N–H and O–H groups in total. The molecule has 1 amide bonds. The third kappa shape index (κ3) is 4.62. The van der Waals surface area contributed by atoms with Gasteiger partial charge in [0.05, 0.1) is 25.6 Å². The quantitative estimate of drug-likeness (QED) is 0.526. The lowest BCUT2D eigenvalue weighted by Crippen LogP contribution is -2.17. The van der Waals surface area contributed by atoms with Crippen molar-refractivity contribution in [3.05, 3.63) is 82.4 Å². The van der Waals surface area contributed by atoms with Gasteiger partial charge in [0, 0.05) is 16.8 Å². The first-order valence-corrected chi connectivity index (χ1v) is 8.73. The first kappa shape index (κ1) is 19.3.